The van der Waals surface area contributed by atoms with Gasteiger partial charge in [0.2, 0.25) is 0 Å². The Labute approximate surface area is 149 Å². The zero-order chi connectivity index (χ0) is 19.0. The molecule has 0 bridgehead atoms. The van der Waals surface area contributed by atoms with Crippen LogP contribution in [0.5, 0.6) is 11.8 Å². The molecule has 0 saturated heterocycles. The van der Waals surface area contributed by atoms with Gasteiger partial charge in [0.25, 0.3) is 5.56 Å². The van der Waals surface area contributed by atoms with Gasteiger partial charge in [0.1, 0.15) is 5.75 Å². The van der Waals surface area contributed by atoms with E-state index in [-0.39, 0.29) is 23.0 Å². The number of nitrogens with zero attached hydrogens (tertiary/aromatic N) is 4. The first-order valence-corrected chi connectivity index (χ1v) is 8.28. The van der Waals surface area contributed by atoms with Crippen molar-refractivity contribution in [3.8, 4) is 11.8 Å². The lowest BCUT2D eigenvalue weighted by Gasteiger charge is -2.06. The van der Waals surface area contributed by atoms with E-state index in [0.29, 0.717) is 17.7 Å². The summed E-state index contributed by atoms with van der Waals surface area (Å²) in [5, 5.41) is 0. The fourth-order valence-electron chi connectivity index (χ4n) is 2.78. The molecule has 136 valence electrons. The maximum atomic E-state index is 12.4. The van der Waals surface area contributed by atoms with E-state index in [1.165, 1.54) is 16.2 Å². The second kappa shape index (κ2) is 6.62. The summed E-state index contributed by atoms with van der Waals surface area (Å²) in [6.07, 6.45) is 1.30. The van der Waals surface area contributed by atoms with Crippen molar-refractivity contribution in [2.45, 2.75) is 19.8 Å². The maximum Gasteiger partial charge on any atom is 0.332 e. The van der Waals surface area contributed by atoms with E-state index in [2.05, 4.69) is 4.98 Å². The Morgan fingerprint density at radius 1 is 1.04 bits per heavy atom. The average Bonchev–Trinajstić information content (AvgIpc) is 2.95. The third-order valence-electron chi connectivity index (χ3n) is 4.30. The molecule has 2 aromatic heterocycles. The van der Waals surface area contributed by atoms with Crippen molar-refractivity contribution in [3.05, 3.63) is 50.7 Å². The molecule has 0 aliphatic heterocycles. The zero-order valence-electron chi connectivity index (χ0n) is 15.1. The highest BCUT2D eigenvalue weighted by molar-refractivity contribution is 5.96. The Balaban J connectivity index is 2.00. The SMILES string of the molecule is CCCC(=O)c1ccc(Oc2nc3c(c(=O)n(C)c(=O)n3C)n2C)cc1. The minimum Gasteiger partial charge on any atom is -0.425 e. The molecule has 8 heteroatoms. The van der Waals surface area contributed by atoms with Crippen LogP contribution in [0.25, 0.3) is 11.2 Å². The van der Waals surface area contributed by atoms with E-state index < -0.39 is 11.2 Å². The van der Waals surface area contributed by atoms with Crippen molar-refractivity contribution >= 4 is 16.9 Å². The third-order valence-corrected chi connectivity index (χ3v) is 4.30. The van der Waals surface area contributed by atoms with E-state index in [4.69, 9.17) is 4.74 Å². The van der Waals surface area contributed by atoms with E-state index >= 15 is 0 Å². The quantitative estimate of drug-likeness (QED) is 0.650. The maximum absolute atomic E-state index is 12.4. The predicted octanol–water partition coefficient (Wildman–Crippen LogP) is 1.75. The lowest BCUT2D eigenvalue weighted by Crippen LogP contribution is -2.37. The third kappa shape index (κ3) is 2.83. The number of rotatable bonds is 5. The van der Waals surface area contributed by atoms with Crippen LogP contribution in [0.2, 0.25) is 0 Å². The Morgan fingerprint density at radius 2 is 1.69 bits per heavy atom. The van der Waals surface area contributed by atoms with Crippen LogP contribution in [0.1, 0.15) is 30.1 Å². The molecule has 3 aromatic rings. The first-order chi connectivity index (χ1) is 12.3. The predicted molar refractivity (Wildman–Crippen MR) is 97.0 cm³/mol. The number of ether oxygens (including phenoxy) is 1. The molecule has 1 aromatic carbocycles. The molecular formula is C18H20N4O4. The van der Waals surface area contributed by atoms with Crippen LogP contribution in [-0.4, -0.2) is 24.5 Å². The number of fused-ring (bicyclic) bond motifs is 1. The Hall–Kier alpha value is -3.16. The van der Waals surface area contributed by atoms with Crippen molar-refractivity contribution in [3.63, 3.8) is 0 Å². The number of carbonyl (C=O) groups excluding carboxylic acids is 1. The van der Waals surface area contributed by atoms with Crippen molar-refractivity contribution in [1.29, 1.82) is 0 Å². The van der Waals surface area contributed by atoms with Gasteiger partial charge in [-0.2, -0.15) is 4.98 Å². The van der Waals surface area contributed by atoms with Crippen molar-refractivity contribution < 1.29 is 9.53 Å². The molecule has 0 aliphatic rings. The van der Waals surface area contributed by atoms with E-state index in [0.717, 1.165) is 11.0 Å². The van der Waals surface area contributed by atoms with Crippen molar-refractivity contribution in [2.24, 2.45) is 21.1 Å². The molecule has 0 fully saturated rings. The molecule has 0 atom stereocenters. The highest BCUT2D eigenvalue weighted by Gasteiger charge is 2.18. The normalized spacial score (nSPS) is 11.1. The van der Waals surface area contributed by atoms with Gasteiger partial charge in [0.05, 0.1) is 0 Å². The summed E-state index contributed by atoms with van der Waals surface area (Å²) in [6.45, 7) is 1.96. The molecule has 3 rings (SSSR count). The molecular weight excluding hydrogens is 336 g/mol. The van der Waals surface area contributed by atoms with Crippen LogP contribution in [0, 0.1) is 0 Å². The summed E-state index contributed by atoms with van der Waals surface area (Å²) in [6, 6.07) is 6.94. The molecule has 0 saturated carbocycles. The van der Waals surface area contributed by atoms with Crippen LogP contribution < -0.4 is 16.0 Å². The van der Waals surface area contributed by atoms with Gasteiger partial charge in [-0.15, -0.1) is 0 Å². The first kappa shape index (κ1) is 17.7. The van der Waals surface area contributed by atoms with Gasteiger partial charge in [-0.05, 0) is 30.7 Å². The van der Waals surface area contributed by atoms with Crippen LogP contribution in [0.4, 0.5) is 0 Å². The van der Waals surface area contributed by atoms with Crippen LogP contribution in [0.15, 0.2) is 33.9 Å². The minimum absolute atomic E-state index is 0.0836. The number of hydrogen-bond donors (Lipinski definition) is 0. The largest absolute Gasteiger partial charge is 0.425 e. The molecule has 2 heterocycles. The Kier molecular flexibility index (Phi) is 4.50. The summed E-state index contributed by atoms with van der Waals surface area (Å²) in [4.78, 5) is 40.6. The Morgan fingerprint density at radius 3 is 2.31 bits per heavy atom. The molecule has 0 radical (unpaired) electrons. The van der Waals surface area contributed by atoms with Gasteiger partial charge < -0.3 is 4.74 Å². The van der Waals surface area contributed by atoms with Crippen LogP contribution in [-0.2, 0) is 21.1 Å². The fraction of sp³-hybridized carbons (Fsp3) is 0.333. The van der Waals surface area contributed by atoms with E-state index in [9.17, 15) is 14.4 Å². The van der Waals surface area contributed by atoms with Gasteiger partial charge in [-0.25, -0.2) is 4.79 Å². The molecule has 0 aliphatic carbocycles. The molecule has 0 N–H and O–H groups in total. The van der Waals surface area contributed by atoms with Gasteiger partial charge in [-0.1, -0.05) is 6.92 Å². The van der Waals surface area contributed by atoms with Gasteiger partial charge >= 0.3 is 11.7 Å². The highest BCUT2D eigenvalue weighted by atomic mass is 16.5. The van der Waals surface area contributed by atoms with Crippen molar-refractivity contribution in [2.75, 3.05) is 0 Å². The second-order valence-corrected chi connectivity index (χ2v) is 6.13. The minimum atomic E-state index is -0.453. The Bertz CT molecular complexity index is 1100. The summed E-state index contributed by atoms with van der Waals surface area (Å²) in [5.41, 5.74) is 0.268. The van der Waals surface area contributed by atoms with E-state index in [1.807, 2.05) is 6.92 Å². The van der Waals surface area contributed by atoms with Gasteiger partial charge in [-0.3, -0.25) is 23.3 Å². The van der Waals surface area contributed by atoms with Gasteiger partial charge in [0, 0.05) is 33.1 Å². The summed E-state index contributed by atoms with van der Waals surface area (Å²) < 4.78 is 9.59. The second-order valence-electron chi connectivity index (χ2n) is 6.13. The zero-order valence-corrected chi connectivity index (χ0v) is 15.1. The van der Waals surface area contributed by atoms with E-state index in [1.54, 1.807) is 38.4 Å². The topological polar surface area (TPSA) is 88.1 Å². The summed E-state index contributed by atoms with van der Waals surface area (Å²) in [7, 11) is 4.62. The number of carbonyl (C=O) groups is 1. The number of aromatic nitrogens is 4. The standard InChI is InChI=1S/C18H20N4O4/c1-5-6-13(23)11-7-9-12(10-8-11)26-17-19-15-14(20(17)2)16(24)22(4)18(25)21(15)3/h7-10H,5-6H2,1-4H3. The molecule has 0 spiro atoms. The fourth-order valence-corrected chi connectivity index (χ4v) is 2.78. The number of ketones is 1. The summed E-state index contributed by atoms with van der Waals surface area (Å²) in [5.74, 6) is 0.568. The van der Waals surface area contributed by atoms with Gasteiger partial charge in [0.15, 0.2) is 16.9 Å². The lowest BCUT2D eigenvalue weighted by atomic mass is 10.1. The molecule has 0 unspecified atom stereocenters. The number of aryl methyl sites for hydroxylation is 2. The van der Waals surface area contributed by atoms with Crippen molar-refractivity contribution in [1.82, 2.24) is 18.7 Å². The highest BCUT2D eigenvalue weighted by Crippen LogP contribution is 2.23. The smallest absolute Gasteiger partial charge is 0.332 e. The molecule has 0 amide bonds. The number of benzene rings is 1. The molecule has 26 heavy (non-hydrogen) atoms. The first-order valence-electron chi connectivity index (χ1n) is 8.28. The molecule has 8 nitrogen and oxygen atoms in total. The van der Waals surface area contributed by atoms with Crippen LogP contribution in [0.3, 0.4) is 0 Å². The number of imidazole rings is 1. The van der Waals surface area contributed by atoms with Crippen LogP contribution >= 0.6 is 0 Å². The number of Topliss-reactive ketones (excluding diaryl/α,β-unsaturated/α-hetero) is 1. The average molecular weight is 356 g/mol. The lowest BCUT2D eigenvalue weighted by molar-refractivity contribution is 0.0981. The summed E-state index contributed by atoms with van der Waals surface area (Å²) >= 11 is 0. The monoisotopic (exact) mass is 356 g/mol. The number of hydrogen-bond acceptors (Lipinski definition) is 5.